The van der Waals surface area contributed by atoms with Crippen LogP contribution in [-0.2, 0) is 22.5 Å². The molecule has 1 aromatic heterocycles. The van der Waals surface area contributed by atoms with Gasteiger partial charge in [-0.1, -0.05) is 6.92 Å². The van der Waals surface area contributed by atoms with Gasteiger partial charge in [0.25, 0.3) is 0 Å². The van der Waals surface area contributed by atoms with Gasteiger partial charge in [0.1, 0.15) is 0 Å². The lowest BCUT2D eigenvalue weighted by Gasteiger charge is -2.32. The van der Waals surface area contributed by atoms with Gasteiger partial charge in [0.15, 0.2) is 0 Å². The number of rotatable bonds is 6. The number of carbonyl (C=O) groups is 1. The molecule has 23 heavy (non-hydrogen) atoms. The average Bonchev–Trinajstić information content (AvgIpc) is 2.84. The van der Waals surface area contributed by atoms with Gasteiger partial charge in [0, 0.05) is 25.2 Å². The number of hydrogen-bond acceptors (Lipinski definition) is 4. The van der Waals surface area contributed by atoms with Gasteiger partial charge >= 0.3 is 0 Å². The van der Waals surface area contributed by atoms with E-state index in [1.807, 2.05) is 23.4 Å². The van der Waals surface area contributed by atoms with E-state index in [9.17, 15) is 4.79 Å². The van der Waals surface area contributed by atoms with Gasteiger partial charge in [-0.05, 0) is 32.3 Å². The van der Waals surface area contributed by atoms with Crippen molar-refractivity contribution in [1.82, 2.24) is 14.7 Å². The quantitative estimate of drug-likeness (QED) is 0.804. The zero-order valence-corrected chi connectivity index (χ0v) is 14.3. The highest BCUT2D eigenvalue weighted by Crippen LogP contribution is 2.17. The summed E-state index contributed by atoms with van der Waals surface area (Å²) in [5.74, 6) is 0.190. The van der Waals surface area contributed by atoms with Crippen molar-refractivity contribution < 1.29 is 9.53 Å². The van der Waals surface area contributed by atoms with E-state index in [2.05, 4.69) is 18.1 Å². The normalized spacial score (nSPS) is 18.0. The molecule has 0 radical (unpaired) electrons. The number of nitrogens with zero attached hydrogens (tertiary/aromatic N) is 4. The van der Waals surface area contributed by atoms with Crippen molar-refractivity contribution in [2.75, 3.05) is 19.7 Å². The Balaban J connectivity index is 1.94. The van der Waals surface area contributed by atoms with Crippen molar-refractivity contribution in [1.29, 1.82) is 5.26 Å². The molecule has 2 heterocycles. The lowest BCUT2D eigenvalue weighted by Crippen LogP contribution is -2.45. The molecule has 1 aromatic rings. The maximum absolute atomic E-state index is 12.4. The third-order valence-corrected chi connectivity index (χ3v) is 4.50. The van der Waals surface area contributed by atoms with E-state index in [0.717, 1.165) is 23.4 Å². The van der Waals surface area contributed by atoms with Crippen molar-refractivity contribution in [2.45, 2.75) is 59.1 Å². The zero-order chi connectivity index (χ0) is 16.8. The van der Waals surface area contributed by atoms with Gasteiger partial charge in [-0.25, -0.2) is 0 Å². The van der Waals surface area contributed by atoms with Gasteiger partial charge < -0.3 is 9.64 Å². The Morgan fingerprint density at radius 1 is 1.48 bits per heavy atom. The first-order valence-corrected chi connectivity index (χ1v) is 8.36. The minimum absolute atomic E-state index is 0.171. The highest BCUT2D eigenvalue weighted by atomic mass is 16.5. The summed E-state index contributed by atoms with van der Waals surface area (Å²) in [5.41, 5.74) is 3.16. The molecule has 0 aromatic carbocycles. The summed E-state index contributed by atoms with van der Waals surface area (Å²) in [6, 6.07) is 2.14. The Labute approximate surface area is 138 Å². The van der Waals surface area contributed by atoms with E-state index in [1.54, 1.807) is 0 Å². The zero-order valence-electron chi connectivity index (χ0n) is 14.3. The molecule has 6 heteroatoms. The molecule has 1 amide bonds. The SMILES string of the molecule is CCC1CN(C(=O)CCc2c(C)nn(CCC#N)c2C)CCO1. The summed E-state index contributed by atoms with van der Waals surface area (Å²) in [4.78, 5) is 14.4. The lowest BCUT2D eigenvalue weighted by atomic mass is 10.1. The van der Waals surface area contributed by atoms with Gasteiger partial charge in [0.2, 0.25) is 5.91 Å². The summed E-state index contributed by atoms with van der Waals surface area (Å²) < 4.78 is 7.49. The van der Waals surface area contributed by atoms with Crippen molar-refractivity contribution in [2.24, 2.45) is 0 Å². The van der Waals surface area contributed by atoms with Gasteiger partial charge in [-0.2, -0.15) is 10.4 Å². The Morgan fingerprint density at radius 2 is 2.26 bits per heavy atom. The molecular weight excluding hydrogens is 292 g/mol. The summed E-state index contributed by atoms with van der Waals surface area (Å²) in [7, 11) is 0. The Kier molecular flexibility index (Phi) is 6.17. The second-order valence-electron chi connectivity index (χ2n) is 6.02. The number of aryl methyl sites for hydroxylation is 2. The first-order chi connectivity index (χ1) is 11.1. The van der Waals surface area contributed by atoms with Crippen molar-refractivity contribution in [3.8, 4) is 6.07 Å². The number of hydrogen-bond donors (Lipinski definition) is 0. The molecule has 1 aliphatic rings. The van der Waals surface area contributed by atoms with Crippen LogP contribution in [0, 0.1) is 25.2 Å². The minimum atomic E-state index is 0.171. The second-order valence-corrected chi connectivity index (χ2v) is 6.02. The van der Waals surface area contributed by atoms with Crippen LogP contribution in [0.1, 0.15) is 43.1 Å². The average molecular weight is 318 g/mol. The molecule has 0 aliphatic carbocycles. The summed E-state index contributed by atoms with van der Waals surface area (Å²) in [6.07, 6.45) is 2.77. The summed E-state index contributed by atoms with van der Waals surface area (Å²) >= 11 is 0. The first-order valence-electron chi connectivity index (χ1n) is 8.36. The second kappa shape index (κ2) is 8.11. The number of carbonyl (C=O) groups excluding carboxylic acids is 1. The number of nitriles is 1. The fraction of sp³-hybridized carbons (Fsp3) is 0.706. The number of morpholine rings is 1. The number of aromatic nitrogens is 2. The fourth-order valence-electron chi connectivity index (χ4n) is 3.05. The smallest absolute Gasteiger partial charge is 0.223 e. The van der Waals surface area contributed by atoms with Gasteiger partial charge in [-0.15, -0.1) is 0 Å². The van der Waals surface area contributed by atoms with E-state index in [1.165, 1.54) is 0 Å². The monoisotopic (exact) mass is 318 g/mol. The molecule has 0 bridgehead atoms. The van der Waals surface area contributed by atoms with Crippen LogP contribution in [0.4, 0.5) is 0 Å². The molecule has 1 atom stereocenters. The predicted molar refractivity (Wildman–Crippen MR) is 86.9 cm³/mol. The molecule has 1 unspecified atom stereocenters. The lowest BCUT2D eigenvalue weighted by molar-refractivity contribution is -0.138. The summed E-state index contributed by atoms with van der Waals surface area (Å²) in [6.45, 7) is 8.70. The predicted octanol–water partition coefficient (Wildman–Crippen LogP) is 1.98. The van der Waals surface area contributed by atoms with Crippen LogP contribution in [0.25, 0.3) is 0 Å². The largest absolute Gasteiger partial charge is 0.375 e. The molecule has 2 rings (SSSR count). The molecule has 1 saturated heterocycles. The molecule has 0 spiro atoms. The van der Waals surface area contributed by atoms with Crippen LogP contribution < -0.4 is 0 Å². The topological polar surface area (TPSA) is 71.2 Å². The number of amides is 1. The van der Waals surface area contributed by atoms with Crippen LogP contribution in [0.2, 0.25) is 0 Å². The molecule has 6 nitrogen and oxygen atoms in total. The third-order valence-electron chi connectivity index (χ3n) is 4.50. The molecule has 126 valence electrons. The first kappa shape index (κ1) is 17.5. The number of ether oxygens (including phenoxy) is 1. The standard InChI is InChI=1S/C17H26N4O2/c1-4-15-12-20(10-11-23-15)17(22)7-6-16-13(2)19-21(14(16)3)9-5-8-18/h15H,4-7,9-12H2,1-3H3. The highest BCUT2D eigenvalue weighted by Gasteiger charge is 2.23. The Hall–Kier alpha value is -1.87. The van der Waals surface area contributed by atoms with E-state index in [0.29, 0.717) is 45.5 Å². The molecular formula is C17H26N4O2. The van der Waals surface area contributed by atoms with Crippen LogP contribution in [0.3, 0.4) is 0 Å². The van der Waals surface area contributed by atoms with Crippen LogP contribution in [0.5, 0.6) is 0 Å². The minimum Gasteiger partial charge on any atom is -0.375 e. The van der Waals surface area contributed by atoms with Crippen LogP contribution in [-0.4, -0.2) is 46.4 Å². The van der Waals surface area contributed by atoms with Gasteiger partial charge in [-0.3, -0.25) is 9.48 Å². The third kappa shape index (κ3) is 4.32. The maximum atomic E-state index is 12.4. The van der Waals surface area contributed by atoms with E-state index < -0.39 is 0 Å². The fourth-order valence-corrected chi connectivity index (χ4v) is 3.05. The molecule has 0 saturated carbocycles. The van der Waals surface area contributed by atoms with Crippen LogP contribution >= 0.6 is 0 Å². The van der Waals surface area contributed by atoms with E-state index >= 15 is 0 Å². The molecule has 1 aliphatic heterocycles. The maximum Gasteiger partial charge on any atom is 0.223 e. The summed E-state index contributed by atoms with van der Waals surface area (Å²) in [5, 5.41) is 13.2. The van der Waals surface area contributed by atoms with Crippen LogP contribution in [0.15, 0.2) is 0 Å². The van der Waals surface area contributed by atoms with Crippen molar-refractivity contribution in [3.63, 3.8) is 0 Å². The van der Waals surface area contributed by atoms with Crippen molar-refractivity contribution in [3.05, 3.63) is 17.0 Å². The molecule has 1 fully saturated rings. The van der Waals surface area contributed by atoms with Gasteiger partial charge in [0.05, 0.1) is 37.4 Å². The van der Waals surface area contributed by atoms with E-state index in [4.69, 9.17) is 10.00 Å². The highest BCUT2D eigenvalue weighted by molar-refractivity contribution is 5.76. The van der Waals surface area contributed by atoms with Crippen molar-refractivity contribution >= 4 is 5.91 Å². The Bertz CT molecular complexity index is 588. The van der Waals surface area contributed by atoms with E-state index in [-0.39, 0.29) is 12.0 Å². The molecule has 0 N–H and O–H groups in total. The Morgan fingerprint density at radius 3 is 2.96 bits per heavy atom.